The van der Waals surface area contributed by atoms with Crippen molar-refractivity contribution < 1.29 is 0 Å². The number of aromatic nitrogens is 2. The van der Waals surface area contributed by atoms with Crippen molar-refractivity contribution in [3.63, 3.8) is 0 Å². The number of thiocarbonyl (C=S) groups is 1. The van der Waals surface area contributed by atoms with Gasteiger partial charge in [0.2, 0.25) is 0 Å². The van der Waals surface area contributed by atoms with Crippen molar-refractivity contribution in [2.75, 3.05) is 10.6 Å². The zero-order chi connectivity index (χ0) is 13.8. The lowest BCUT2D eigenvalue weighted by molar-refractivity contribution is 1.08. The molecule has 0 amide bonds. The van der Waals surface area contributed by atoms with Crippen molar-refractivity contribution in [1.82, 2.24) is 10.2 Å². The average molecular weight is 280 g/mol. The molecule has 0 spiro atoms. The van der Waals surface area contributed by atoms with Crippen LogP contribution in [0.2, 0.25) is 0 Å². The Labute approximate surface area is 121 Å². The summed E-state index contributed by atoms with van der Waals surface area (Å²) in [4.78, 5) is 0. The van der Waals surface area contributed by atoms with Crippen molar-refractivity contribution in [2.45, 2.75) is 0 Å². The molecule has 0 unspecified atom stereocenters. The fourth-order valence-electron chi connectivity index (χ4n) is 1.85. The highest BCUT2D eigenvalue weighted by atomic mass is 32.1. The Kier molecular flexibility index (Phi) is 3.52. The number of para-hydroxylation sites is 1. The van der Waals surface area contributed by atoms with E-state index >= 15 is 0 Å². The smallest absolute Gasteiger partial charge is 0.176 e. The maximum absolute atomic E-state index is 5.25. The topological polar surface area (TPSA) is 49.8 Å². The van der Waals surface area contributed by atoms with Gasteiger partial charge >= 0.3 is 0 Å². The molecule has 0 aliphatic carbocycles. The predicted molar refractivity (Wildman–Crippen MR) is 85.8 cm³/mol. The van der Waals surface area contributed by atoms with Crippen LogP contribution in [-0.2, 0) is 0 Å². The van der Waals surface area contributed by atoms with Gasteiger partial charge in [-0.3, -0.25) is 0 Å². The number of fused-ring (bicyclic) bond motifs is 1. The molecule has 5 heteroatoms. The summed E-state index contributed by atoms with van der Waals surface area (Å²) >= 11 is 5.25. The van der Waals surface area contributed by atoms with E-state index in [-0.39, 0.29) is 0 Å². The Morgan fingerprint density at radius 3 is 2.45 bits per heavy atom. The van der Waals surface area contributed by atoms with Crippen LogP contribution in [0.4, 0.5) is 11.5 Å². The quantitative estimate of drug-likeness (QED) is 0.704. The first-order valence-corrected chi connectivity index (χ1v) is 6.57. The van der Waals surface area contributed by atoms with E-state index in [0.29, 0.717) is 10.9 Å². The summed E-state index contributed by atoms with van der Waals surface area (Å²) in [5, 5.41) is 15.9. The van der Waals surface area contributed by atoms with Gasteiger partial charge in [0.15, 0.2) is 10.9 Å². The van der Waals surface area contributed by atoms with Gasteiger partial charge in [0.25, 0.3) is 0 Å². The van der Waals surface area contributed by atoms with Crippen LogP contribution in [-0.4, -0.2) is 15.3 Å². The van der Waals surface area contributed by atoms with Crippen LogP contribution in [0.3, 0.4) is 0 Å². The number of rotatable bonds is 2. The van der Waals surface area contributed by atoms with Crippen LogP contribution in [0.25, 0.3) is 10.9 Å². The maximum atomic E-state index is 5.25. The molecule has 0 atom stereocenters. The Balaban J connectivity index is 1.74. The molecule has 98 valence electrons. The molecule has 0 aliphatic heterocycles. The van der Waals surface area contributed by atoms with Crippen LogP contribution in [0.1, 0.15) is 0 Å². The molecule has 0 aliphatic rings. The van der Waals surface area contributed by atoms with Crippen molar-refractivity contribution in [3.05, 3.63) is 60.7 Å². The molecule has 0 saturated heterocycles. The van der Waals surface area contributed by atoms with Gasteiger partial charge in [0, 0.05) is 11.1 Å². The minimum Gasteiger partial charge on any atom is -0.332 e. The molecule has 0 bridgehead atoms. The van der Waals surface area contributed by atoms with E-state index in [1.165, 1.54) is 0 Å². The van der Waals surface area contributed by atoms with Crippen molar-refractivity contribution in [3.8, 4) is 0 Å². The highest BCUT2D eigenvalue weighted by Crippen LogP contribution is 2.14. The third-order valence-electron chi connectivity index (χ3n) is 2.77. The summed E-state index contributed by atoms with van der Waals surface area (Å²) in [5.41, 5.74) is 1.79. The molecule has 0 fully saturated rings. The van der Waals surface area contributed by atoms with Gasteiger partial charge in [-0.2, -0.15) is 0 Å². The second kappa shape index (κ2) is 5.63. The molecular weight excluding hydrogens is 268 g/mol. The van der Waals surface area contributed by atoms with Gasteiger partial charge in [-0.1, -0.05) is 36.4 Å². The normalized spacial score (nSPS) is 10.2. The van der Waals surface area contributed by atoms with E-state index in [1.54, 1.807) is 0 Å². The number of benzene rings is 2. The monoisotopic (exact) mass is 280 g/mol. The van der Waals surface area contributed by atoms with Crippen molar-refractivity contribution >= 4 is 39.7 Å². The van der Waals surface area contributed by atoms with Gasteiger partial charge in [-0.25, -0.2) is 0 Å². The average Bonchev–Trinajstić information content (AvgIpc) is 2.48. The summed E-state index contributed by atoms with van der Waals surface area (Å²) in [5.74, 6) is 0.622. The predicted octanol–water partition coefficient (Wildman–Crippen LogP) is 3.44. The van der Waals surface area contributed by atoms with Gasteiger partial charge in [0.1, 0.15) is 0 Å². The van der Waals surface area contributed by atoms with Crippen LogP contribution in [0.15, 0.2) is 60.7 Å². The van der Waals surface area contributed by atoms with E-state index in [2.05, 4.69) is 20.8 Å². The highest BCUT2D eigenvalue weighted by Gasteiger charge is 2.02. The summed E-state index contributed by atoms with van der Waals surface area (Å²) < 4.78 is 0. The highest BCUT2D eigenvalue weighted by molar-refractivity contribution is 7.80. The molecule has 4 nitrogen and oxygen atoms in total. The van der Waals surface area contributed by atoms with Crippen molar-refractivity contribution in [2.24, 2.45) is 0 Å². The third-order valence-corrected chi connectivity index (χ3v) is 2.97. The van der Waals surface area contributed by atoms with Crippen LogP contribution in [0, 0.1) is 0 Å². The second-order valence-electron chi connectivity index (χ2n) is 4.23. The maximum Gasteiger partial charge on any atom is 0.176 e. The first-order valence-electron chi connectivity index (χ1n) is 6.17. The van der Waals surface area contributed by atoms with E-state index < -0.39 is 0 Å². The molecule has 1 heterocycles. The SMILES string of the molecule is S=C(Nc1ccccc1)Nc1cc2ccccc2nn1. The standard InChI is InChI=1S/C15H12N4S/c20-15(16-12-7-2-1-3-8-12)17-14-10-11-6-4-5-9-13(11)18-19-14/h1-10H,(H2,16,17,19,20). The zero-order valence-electron chi connectivity index (χ0n) is 10.6. The summed E-state index contributed by atoms with van der Waals surface area (Å²) in [6, 6.07) is 19.5. The van der Waals surface area contributed by atoms with Gasteiger partial charge in [-0.05, 0) is 36.5 Å². The Bertz CT molecular complexity index is 743. The molecule has 0 saturated carbocycles. The summed E-state index contributed by atoms with van der Waals surface area (Å²) in [6.45, 7) is 0. The van der Waals surface area contributed by atoms with Crippen LogP contribution < -0.4 is 10.6 Å². The lowest BCUT2D eigenvalue weighted by Gasteiger charge is -2.09. The van der Waals surface area contributed by atoms with E-state index in [0.717, 1.165) is 16.6 Å². The first kappa shape index (κ1) is 12.5. The van der Waals surface area contributed by atoms with E-state index in [9.17, 15) is 0 Å². The Morgan fingerprint density at radius 1 is 0.850 bits per heavy atom. The first-order chi connectivity index (χ1) is 9.81. The largest absolute Gasteiger partial charge is 0.332 e. The fourth-order valence-corrected chi connectivity index (χ4v) is 2.07. The lowest BCUT2D eigenvalue weighted by atomic mass is 10.2. The zero-order valence-corrected chi connectivity index (χ0v) is 11.4. The number of hydrogen-bond acceptors (Lipinski definition) is 3. The molecular formula is C15H12N4S. The molecule has 3 rings (SSSR count). The lowest BCUT2D eigenvalue weighted by Crippen LogP contribution is -2.19. The van der Waals surface area contributed by atoms with E-state index in [4.69, 9.17) is 12.2 Å². The number of anilines is 2. The second-order valence-corrected chi connectivity index (χ2v) is 4.64. The number of nitrogens with zero attached hydrogens (tertiary/aromatic N) is 2. The fraction of sp³-hybridized carbons (Fsp3) is 0. The Hall–Kier alpha value is -2.53. The van der Waals surface area contributed by atoms with Crippen LogP contribution >= 0.6 is 12.2 Å². The minimum atomic E-state index is 0.487. The van der Waals surface area contributed by atoms with Gasteiger partial charge < -0.3 is 10.6 Å². The number of nitrogens with one attached hydrogen (secondary N) is 2. The number of hydrogen-bond donors (Lipinski definition) is 2. The molecule has 3 aromatic rings. The summed E-state index contributed by atoms with van der Waals surface area (Å²) in [7, 11) is 0. The van der Waals surface area contributed by atoms with Gasteiger partial charge in [0.05, 0.1) is 5.52 Å². The molecule has 2 N–H and O–H groups in total. The minimum absolute atomic E-state index is 0.487. The molecule has 0 radical (unpaired) electrons. The molecule has 2 aromatic carbocycles. The van der Waals surface area contributed by atoms with Gasteiger partial charge in [-0.15, -0.1) is 10.2 Å². The third kappa shape index (κ3) is 2.89. The molecule has 20 heavy (non-hydrogen) atoms. The van der Waals surface area contributed by atoms with Crippen molar-refractivity contribution in [1.29, 1.82) is 0 Å². The van der Waals surface area contributed by atoms with E-state index in [1.807, 2.05) is 60.7 Å². The molecule has 1 aromatic heterocycles. The Morgan fingerprint density at radius 2 is 1.60 bits per heavy atom. The van der Waals surface area contributed by atoms with Crippen LogP contribution in [0.5, 0.6) is 0 Å². The summed E-state index contributed by atoms with van der Waals surface area (Å²) in [6.07, 6.45) is 0.